The zero-order valence-electron chi connectivity index (χ0n) is 12.1. The molecular weight excluding hydrogens is 227 g/mol. The van der Waals surface area contributed by atoms with E-state index in [9.17, 15) is 4.39 Å². The normalized spacial score (nSPS) is 16.6. The third kappa shape index (κ3) is 3.79. The Morgan fingerprint density at radius 1 is 1.22 bits per heavy atom. The lowest BCUT2D eigenvalue weighted by atomic mass is 10.0. The lowest BCUT2D eigenvalue weighted by Gasteiger charge is -2.32. The molecule has 1 N–H and O–H groups in total. The van der Waals surface area contributed by atoms with Gasteiger partial charge in [0.05, 0.1) is 0 Å². The second-order valence-electron chi connectivity index (χ2n) is 5.14. The number of hydrogen-bond acceptors (Lipinski definition) is 2. The van der Waals surface area contributed by atoms with Crippen LogP contribution < -0.4 is 5.32 Å². The van der Waals surface area contributed by atoms with Crippen LogP contribution in [-0.2, 0) is 0 Å². The summed E-state index contributed by atoms with van der Waals surface area (Å²) in [6.45, 7) is 6.41. The smallest absolute Gasteiger partial charge is 0.127 e. The molecule has 0 aliphatic rings. The number of benzene rings is 1. The van der Waals surface area contributed by atoms with Crippen molar-refractivity contribution in [2.75, 3.05) is 14.1 Å². The molecule has 1 rings (SSSR count). The molecule has 0 aromatic heterocycles. The second-order valence-corrected chi connectivity index (χ2v) is 5.14. The summed E-state index contributed by atoms with van der Waals surface area (Å²) in [6.07, 6.45) is 1.05. The standard InChI is InChI=1S/C15H25FN2/c1-11(17-4)10-12(2)18(5)13(3)14-8-6-7-9-15(14)16/h6-9,11-13,17H,10H2,1-5H3. The molecule has 0 amide bonds. The molecule has 1 aromatic carbocycles. The molecule has 0 aliphatic heterocycles. The van der Waals surface area contributed by atoms with E-state index in [1.807, 2.05) is 19.2 Å². The SMILES string of the molecule is CNC(C)CC(C)N(C)C(C)c1ccccc1F. The number of nitrogens with one attached hydrogen (secondary N) is 1. The van der Waals surface area contributed by atoms with Gasteiger partial charge in [0.15, 0.2) is 0 Å². The number of nitrogens with zero attached hydrogens (tertiary/aromatic N) is 1. The molecule has 0 bridgehead atoms. The molecule has 3 atom stereocenters. The van der Waals surface area contributed by atoms with Crippen molar-refractivity contribution in [3.05, 3.63) is 35.6 Å². The summed E-state index contributed by atoms with van der Waals surface area (Å²) in [4.78, 5) is 2.23. The molecule has 102 valence electrons. The zero-order chi connectivity index (χ0) is 13.7. The maximum atomic E-state index is 13.8. The van der Waals surface area contributed by atoms with Gasteiger partial charge in [0.2, 0.25) is 0 Å². The van der Waals surface area contributed by atoms with E-state index in [1.54, 1.807) is 6.07 Å². The van der Waals surface area contributed by atoms with Gasteiger partial charge in [-0.1, -0.05) is 18.2 Å². The van der Waals surface area contributed by atoms with Crippen molar-refractivity contribution >= 4 is 0 Å². The highest BCUT2D eigenvalue weighted by Crippen LogP contribution is 2.24. The summed E-state index contributed by atoms with van der Waals surface area (Å²) < 4.78 is 13.8. The van der Waals surface area contributed by atoms with E-state index in [4.69, 9.17) is 0 Å². The van der Waals surface area contributed by atoms with Gasteiger partial charge in [-0.05, 0) is 47.4 Å². The minimum Gasteiger partial charge on any atom is -0.317 e. The number of halogens is 1. The minimum absolute atomic E-state index is 0.0882. The number of rotatable bonds is 6. The fourth-order valence-electron chi connectivity index (χ4n) is 2.21. The Morgan fingerprint density at radius 2 is 1.83 bits per heavy atom. The first kappa shape index (κ1) is 15.1. The van der Waals surface area contributed by atoms with E-state index >= 15 is 0 Å². The predicted molar refractivity (Wildman–Crippen MR) is 75.2 cm³/mol. The molecule has 3 heteroatoms. The Hall–Kier alpha value is -0.930. The molecule has 0 fully saturated rings. The number of hydrogen-bond donors (Lipinski definition) is 1. The fraction of sp³-hybridized carbons (Fsp3) is 0.600. The van der Waals surface area contributed by atoms with Gasteiger partial charge in [0.25, 0.3) is 0 Å². The average Bonchev–Trinajstić information content (AvgIpc) is 2.37. The predicted octanol–water partition coefficient (Wildman–Crippen LogP) is 3.21. The first-order valence-electron chi connectivity index (χ1n) is 6.61. The first-order chi connectivity index (χ1) is 8.47. The van der Waals surface area contributed by atoms with Crippen LogP contribution in [0.25, 0.3) is 0 Å². The van der Waals surface area contributed by atoms with E-state index in [0.29, 0.717) is 12.1 Å². The van der Waals surface area contributed by atoms with Crippen molar-refractivity contribution < 1.29 is 4.39 Å². The summed E-state index contributed by atoms with van der Waals surface area (Å²) >= 11 is 0. The quantitative estimate of drug-likeness (QED) is 0.836. The maximum absolute atomic E-state index is 13.8. The van der Waals surface area contributed by atoms with E-state index in [1.165, 1.54) is 6.07 Å². The van der Waals surface area contributed by atoms with Crippen molar-refractivity contribution in [1.29, 1.82) is 0 Å². The van der Waals surface area contributed by atoms with Crippen LogP contribution in [0.2, 0.25) is 0 Å². The van der Waals surface area contributed by atoms with Crippen LogP contribution >= 0.6 is 0 Å². The summed E-state index contributed by atoms with van der Waals surface area (Å²) in [5.74, 6) is -0.120. The molecule has 1 aromatic rings. The Bertz CT molecular complexity index is 367. The van der Waals surface area contributed by atoms with Crippen molar-refractivity contribution in [3.8, 4) is 0 Å². The molecule has 0 spiro atoms. The molecule has 0 radical (unpaired) electrons. The van der Waals surface area contributed by atoms with Crippen molar-refractivity contribution in [3.63, 3.8) is 0 Å². The van der Waals surface area contributed by atoms with Gasteiger partial charge in [-0.3, -0.25) is 4.90 Å². The third-order valence-corrected chi connectivity index (χ3v) is 3.85. The van der Waals surface area contributed by atoms with Crippen LogP contribution in [0, 0.1) is 5.82 Å². The minimum atomic E-state index is -0.120. The molecule has 0 heterocycles. The Balaban J connectivity index is 2.72. The lowest BCUT2D eigenvalue weighted by molar-refractivity contribution is 0.176. The molecule has 0 aliphatic carbocycles. The highest BCUT2D eigenvalue weighted by molar-refractivity contribution is 5.20. The molecule has 2 nitrogen and oxygen atoms in total. The van der Waals surface area contributed by atoms with Crippen molar-refractivity contribution in [1.82, 2.24) is 10.2 Å². The van der Waals surface area contributed by atoms with Gasteiger partial charge < -0.3 is 5.32 Å². The highest BCUT2D eigenvalue weighted by Gasteiger charge is 2.20. The van der Waals surface area contributed by atoms with Crippen LogP contribution in [0.1, 0.15) is 38.8 Å². The van der Waals surface area contributed by atoms with Crippen LogP contribution in [0.15, 0.2) is 24.3 Å². The van der Waals surface area contributed by atoms with Crippen LogP contribution in [0.4, 0.5) is 4.39 Å². The topological polar surface area (TPSA) is 15.3 Å². The molecule has 0 saturated carbocycles. The summed E-state index contributed by atoms with van der Waals surface area (Å²) in [5, 5.41) is 3.24. The average molecular weight is 252 g/mol. The molecule has 18 heavy (non-hydrogen) atoms. The largest absolute Gasteiger partial charge is 0.317 e. The second kappa shape index (κ2) is 6.86. The van der Waals surface area contributed by atoms with Crippen molar-refractivity contribution in [2.24, 2.45) is 0 Å². The maximum Gasteiger partial charge on any atom is 0.127 e. The fourth-order valence-corrected chi connectivity index (χ4v) is 2.21. The van der Waals surface area contributed by atoms with Gasteiger partial charge in [-0.15, -0.1) is 0 Å². The highest BCUT2D eigenvalue weighted by atomic mass is 19.1. The summed E-state index contributed by atoms with van der Waals surface area (Å²) in [6, 6.07) is 7.98. The first-order valence-corrected chi connectivity index (χ1v) is 6.61. The molecule has 3 unspecified atom stereocenters. The Kier molecular flexibility index (Phi) is 5.76. The van der Waals surface area contributed by atoms with E-state index < -0.39 is 0 Å². The van der Waals surface area contributed by atoms with Crippen LogP contribution in [0.3, 0.4) is 0 Å². The monoisotopic (exact) mass is 252 g/mol. The summed E-state index contributed by atoms with van der Waals surface area (Å²) in [5.41, 5.74) is 0.768. The van der Waals surface area contributed by atoms with Gasteiger partial charge in [0.1, 0.15) is 5.82 Å². The van der Waals surface area contributed by atoms with Gasteiger partial charge in [-0.25, -0.2) is 4.39 Å². The van der Waals surface area contributed by atoms with Gasteiger partial charge in [-0.2, -0.15) is 0 Å². The molecular formula is C15H25FN2. The van der Waals surface area contributed by atoms with Crippen LogP contribution in [-0.4, -0.2) is 31.1 Å². The van der Waals surface area contributed by atoms with Crippen LogP contribution in [0.5, 0.6) is 0 Å². The van der Waals surface area contributed by atoms with E-state index in [-0.39, 0.29) is 11.9 Å². The Labute approximate surface area is 110 Å². The van der Waals surface area contributed by atoms with Gasteiger partial charge in [0, 0.05) is 23.7 Å². The Morgan fingerprint density at radius 3 is 2.39 bits per heavy atom. The van der Waals surface area contributed by atoms with E-state index in [2.05, 4.69) is 38.0 Å². The van der Waals surface area contributed by atoms with Gasteiger partial charge >= 0.3 is 0 Å². The zero-order valence-corrected chi connectivity index (χ0v) is 12.1. The van der Waals surface area contributed by atoms with E-state index in [0.717, 1.165) is 12.0 Å². The summed E-state index contributed by atoms with van der Waals surface area (Å²) in [7, 11) is 4.03. The van der Waals surface area contributed by atoms with Crippen molar-refractivity contribution in [2.45, 2.75) is 45.3 Å². The molecule has 0 saturated heterocycles. The lowest BCUT2D eigenvalue weighted by Crippen LogP contribution is -2.37. The third-order valence-electron chi connectivity index (χ3n) is 3.85.